The summed E-state index contributed by atoms with van der Waals surface area (Å²) >= 11 is 1.18. The molecule has 1 heterocycles. The predicted molar refractivity (Wildman–Crippen MR) is 87.0 cm³/mol. The molecule has 0 unspecified atom stereocenters. The molecule has 0 aliphatic carbocycles. The van der Waals surface area contributed by atoms with Crippen LogP contribution in [0.5, 0.6) is 11.5 Å². The smallest absolute Gasteiger partial charge is 0.264 e. The van der Waals surface area contributed by atoms with Crippen LogP contribution in [0.15, 0.2) is 58.4 Å². The summed E-state index contributed by atoms with van der Waals surface area (Å²) in [4.78, 5) is 16.7. The number of para-hydroxylation sites is 1. The monoisotopic (exact) mass is 312 g/mol. The molecular formula is C16H12N2O3S. The maximum absolute atomic E-state index is 11.9. The van der Waals surface area contributed by atoms with Gasteiger partial charge in [-0.25, -0.2) is 4.99 Å². The summed E-state index contributed by atoms with van der Waals surface area (Å²) in [6.45, 7) is 0. The highest BCUT2D eigenvalue weighted by molar-refractivity contribution is 8.18. The second-order valence-electron chi connectivity index (χ2n) is 4.56. The molecule has 2 aromatic rings. The van der Waals surface area contributed by atoms with Crippen LogP contribution in [-0.2, 0) is 4.79 Å². The molecule has 6 heteroatoms. The van der Waals surface area contributed by atoms with Gasteiger partial charge in [0.05, 0.1) is 10.6 Å². The Morgan fingerprint density at radius 2 is 1.91 bits per heavy atom. The van der Waals surface area contributed by atoms with Crippen molar-refractivity contribution in [2.75, 3.05) is 0 Å². The number of thioether (sulfide) groups is 1. The summed E-state index contributed by atoms with van der Waals surface area (Å²) in [7, 11) is 0. The highest BCUT2D eigenvalue weighted by Crippen LogP contribution is 2.30. The topological polar surface area (TPSA) is 81.9 Å². The summed E-state index contributed by atoms with van der Waals surface area (Å²) in [6, 6.07) is 13.2. The number of nitrogens with one attached hydrogen (secondary N) is 1. The zero-order chi connectivity index (χ0) is 15.5. The Morgan fingerprint density at radius 3 is 2.68 bits per heavy atom. The zero-order valence-electron chi connectivity index (χ0n) is 11.4. The van der Waals surface area contributed by atoms with Gasteiger partial charge in [0.1, 0.15) is 11.5 Å². The van der Waals surface area contributed by atoms with E-state index >= 15 is 0 Å². The van der Waals surface area contributed by atoms with Gasteiger partial charge in [-0.15, -0.1) is 0 Å². The quantitative estimate of drug-likeness (QED) is 0.745. The first-order valence-corrected chi connectivity index (χ1v) is 7.30. The normalized spacial score (nSPS) is 17.9. The van der Waals surface area contributed by atoms with E-state index in [9.17, 15) is 15.0 Å². The molecule has 1 aliphatic rings. The Morgan fingerprint density at radius 1 is 1.09 bits per heavy atom. The van der Waals surface area contributed by atoms with Gasteiger partial charge in [0, 0.05) is 11.6 Å². The van der Waals surface area contributed by atoms with Gasteiger partial charge < -0.3 is 15.5 Å². The molecule has 1 saturated heterocycles. The van der Waals surface area contributed by atoms with Crippen LogP contribution in [0.2, 0.25) is 0 Å². The fourth-order valence-electron chi connectivity index (χ4n) is 1.91. The molecule has 3 rings (SSSR count). The fraction of sp³-hybridized carbons (Fsp3) is 0. The highest BCUT2D eigenvalue weighted by atomic mass is 32.2. The molecule has 5 nitrogen and oxygen atoms in total. The van der Waals surface area contributed by atoms with Crippen LogP contribution in [-0.4, -0.2) is 21.3 Å². The summed E-state index contributed by atoms with van der Waals surface area (Å²) in [5.74, 6) is -0.0462. The maximum atomic E-state index is 11.9. The minimum Gasteiger partial charge on any atom is -0.508 e. The number of hydrogen-bond acceptors (Lipinski definition) is 5. The molecule has 0 spiro atoms. The van der Waals surface area contributed by atoms with Crippen LogP contribution in [0.1, 0.15) is 5.56 Å². The number of hydrogen-bond donors (Lipinski definition) is 3. The fourth-order valence-corrected chi connectivity index (χ4v) is 2.74. The van der Waals surface area contributed by atoms with Gasteiger partial charge in [0.15, 0.2) is 5.17 Å². The van der Waals surface area contributed by atoms with Gasteiger partial charge in [-0.1, -0.05) is 24.3 Å². The van der Waals surface area contributed by atoms with Crippen LogP contribution < -0.4 is 5.32 Å². The molecule has 0 saturated carbocycles. The van der Waals surface area contributed by atoms with Crippen LogP contribution in [0.25, 0.3) is 6.08 Å². The minimum atomic E-state index is -0.271. The van der Waals surface area contributed by atoms with E-state index < -0.39 is 0 Å². The van der Waals surface area contributed by atoms with Gasteiger partial charge in [-0.05, 0) is 36.0 Å². The average Bonchev–Trinajstić information content (AvgIpc) is 2.81. The lowest BCUT2D eigenvalue weighted by molar-refractivity contribution is -0.115. The van der Waals surface area contributed by atoms with E-state index in [2.05, 4.69) is 10.3 Å². The van der Waals surface area contributed by atoms with Crippen LogP contribution in [0, 0.1) is 0 Å². The molecule has 2 aromatic carbocycles. The second-order valence-corrected chi connectivity index (χ2v) is 5.59. The number of carbonyl (C=O) groups is 1. The number of carbonyl (C=O) groups excluding carboxylic acids is 1. The first-order valence-electron chi connectivity index (χ1n) is 6.48. The molecular weight excluding hydrogens is 300 g/mol. The number of aromatic hydroxyl groups is 2. The Hall–Kier alpha value is -2.73. The van der Waals surface area contributed by atoms with Crippen molar-refractivity contribution < 1.29 is 15.0 Å². The number of aliphatic imine (C=N–C) groups is 1. The van der Waals surface area contributed by atoms with Crippen molar-refractivity contribution >= 4 is 34.6 Å². The number of amides is 1. The van der Waals surface area contributed by atoms with Crippen molar-refractivity contribution in [2.24, 2.45) is 4.99 Å². The van der Waals surface area contributed by atoms with E-state index in [4.69, 9.17) is 0 Å². The van der Waals surface area contributed by atoms with Gasteiger partial charge in [-0.2, -0.15) is 0 Å². The number of amidine groups is 1. The molecule has 1 fully saturated rings. The van der Waals surface area contributed by atoms with Crippen LogP contribution in [0.3, 0.4) is 0 Å². The molecule has 0 radical (unpaired) electrons. The molecule has 110 valence electrons. The van der Waals surface area contributed by atoms with E-state index in [0.717, 1.165) is 0 Å². The third-order valence-electron chi connectivity index (χ3n) is 2.93. The van der Waals surface area contributed by atoms with Crippen LogP contribution in [0.4, 0.5) is 5.69 Å². The molecule has 1 aliphatic heterocycles. The number of benzene rings is 2. The lowest BCUT2D eigenvalue weighted by Gasteiger charge is -1.98. The maximum Gasteiger partial charge on any atom is 0.264 e. The summed E-state index contributed by atoms with van der Waals surface area (Å²) in [5.41, 5.74) is 1.12. The van der Waals surface area contributed by atoms with Crippen molar-refractivity contribution in [1.29, 1.82) is 0 Å². The highest BCUT2D eigenvalue weighted by Gasteiger charge is 2.24. The van der Waals surface area contributed by atoms with Gasteiger partial charge in [-0.3, -0.25) is 4.79 Å². The van der Waals surface area contributed by atoms with Crippen LogP contribution >= 0.6 is 11.8 Å². The van der Waals surface area contributed by atoms with E-state index in [1.165, 1.54) is 17.8 Å². The van der Waals surface area contributed by atoms with E-state index in [-0.39, 0.29) is 17.4 Å². The molecule has 0 atom stereocenters. The number of phenols is 2. The van der Waals surface area contributed by atoms with Crippen molar-refractivity contribution in [3.05, 3.63) is 59.0 Å². The Kier molecular flexibility index (Phi) is 3.84. The summed E-state index contributed by atoms with van der Waals surface area (Å²) in [6.07, 6.45) is 1.61. The SMILES string of the molecule is O=C1NC(=Nc2cccc(O)c2)S/C1=C/c1ccccc1O. The Balaban J connectivity index is 1.86. The standard InChI is InChI=1S/C16H12N2O3S/c19-12-6-3-5-11(9-12)17-16-18-15(21)14(22-16)8-10-4-1-2-7-13(10)20/h1-9,19-20H,(H,17,18,21)/b14-8+. The molecule has 0 bridgehead atoms. The van der Waals surface area contributed by atoms with Crippen molar-refractivity contribution in [3.63, 3.8) is 0 Å². The van der Waals surface area contributed by atoms with E-state index in [0.29, 0.717) is 21.3 Å². The van der Waals surface area contributed by atoms with E-state index in [1.54, 1.807) is 48.5 Å². The van der Waals surface area contributed by atoms with Gasteiger partial charge in [0.25, 0.3) is 5.91 Å². The number of phenolic OH excluding ortho intramolecular Hbond substituents is 2. The first kappa shape index (κ1) is 14.2. The van der Waals surface area contributed by atoms with Gasteiger partial charge in [0.2, 0.25) is 0 Å². The third-order valence-corrected chi connectivity index (χ3v) is 3.84. The predicted octanol–water partition coefficient (Wildman–Crippen LogP) is 2.99. The largest absolute Gasteiger partial charge is 0.508 e. The number of rotatable bonds is 2. The van der Waals surface area contributed by atoms with Crippen molar-refractivity contribution in [1.82, 2.24) is 5.32 Å². The Bertz CT molecular complexity index is 799. The molecule has 1 amide bonds. The lowest BCUT2D eigenvalue weighted by atomic mass is 10.2. The van der Waals surface area contributed by atoms with Gasteiger partial charge >= 0.3 is 0 Å². The Labute approximate surface area is 131 Å². The summed E-state index contributed by atoms with van der Waals surface area (Å²) in [5, 5.41) is 22.2. The first-order chi connectivity index (χ1) is 10.6. The van der Waals surface area contributed by atoms with E-state index in [1.807, 2.05) is 0 Å². The average molecular weight is 312 g/mol. The lowest BCUT2D eigenvalue weighted by Crippen LogP contribution is -2.19. The third kappa shape index (κ3) is 3.12. The molecule has 0 aromatic heterocycles. The number of nitrogens with zero attached hydrogens (tertiary/aromatic N) is 1. The second kappa shape index (κ2) is 5.95. The molecule has 3 N–H and O–H groups in total. The molecule has 22 heavy (non-hydrogen) atoms. The van der Waals surface area contributed by atoms with Crippen molar-refractivity contribution in [2.45, 2.75) is 0 Å². The van der Waals surface area contributed by atoms with Crippen molar-refractivity contribution in [3.8, 4) is 11.5 Å². The zero-order valence-corrected chi connectivity index (χ0v) is 12.2. The minimum absolute atomic E-state index is 0.112. The summed E-state index contributed by atoms with van der Waals surface area (Å²) < 4.78 is 0.